The molecule has 0 saturated heterocycles. The highest BCUT2D eigenvalue weighted by molar-refractivity contribution is 5.84. The number of ether oxygens (including phenoxy) is 1. The van der Waals surface area contributed by atoms with E-state index in [1.54, 1.807) is 0 Å². The zero-order valence-corrected chi connectivity index (χ0v) is 10.5. The van der Waals surface area contributed by atoms with E-state index in [4.69, 9.17) is 10.5 Å². The van der Waals surface area contributed by atoms with Gasteiger partial charge in [0.2, 0.25) is 0 Å². The van der Waals surface area contributed by atoms with E-state index in [-0.39, 0.29) is 12.1 Å². The molecule has 1 aromatic heterocycles. The summed E-state index contributed by atoms with van der Waals surface area (Å²) in [5, 5.41) is 1.09. The molecule has 2 aromatic rings. The predicted octanol–water partition coefficient (Wildman–Crippen LogP) is 2.66. The van der Waals surface area contributed by atoms with E-state index in [0.29, 0.717) is 0 Å². The van der Waals surface area contributed by atoms with E-state index in [1.165, 1.54) is 0 Å². The Morgan fingerprint density at radius 3 is 2.65 bits per heavy atom. The van der Waals surface area contributed by atoms with Crippen LogP contribution in [0.3, 0.4) is 0 Å². The molecule has 1 unspecified atom stereocenters. The molecule has 1 heterocycles. The van der Waals surface area contributed by atoms with Crippen molar-refractivity contribution in [2.24, 2.45) is 5.73 Å². The molecule has 0 amide bonds. The Hall–Kier alpha value is -1.61. The number of benzene rings is 1. The van der Waals surface area contributed by atoms with Crippen LogP contribution in [0, 0.1) is 6.92 Å². The van der Waals surface area contributed by atoms with Crippen molar-refractivity contribution >= 4 is 10.9 Å². The largest absolute Gasteiger partial charge is 0.487 e. The third-order valence-electron chi connectivity index (χ3n) is 2.88. The lowest BCUT2D eigenvalue weighted by Crippen LogP contribution is -2.33. The molecule has 2 atom stereocenters. The van der Waals surface area contributed by atoms with Gasteiger partial charge >= 0.3 is 0 Å². The van der Waals surface area contributed by atoms with Gasteiger partial charge in [-0.25, -0.2) is 4.98 Å². The minimum atomic E-state index is -0.0251. The van der Waals surface area contributed by atoms with E-state index < -0.39 is 0 Å². The molecule has 0 fully saturated rings. The minimum absolute atomic E-state index is 0.00457. The second-order valence-electron chi connectivity index (χ2n) is 4.46. The Labute approximate surface area is 102 Å². The third-order valence-corrected chi connectivity index (χ3v) is 2.88. The number of aryl methyl sites for hydroxylation is 1. The van der Waals surface area contributed by atoms with Crippen molar-refractivity contribution in [1.82, 2.24) is 4.98 Å². The average molecular weight is 230 g/mol. The van der Waals surface area contributed by atoms with Gasteiger partial charge in [0.25, 0.3) is 0 Å². The summed E-state index contributed by atoms with van der Waals surface area (Å²) in [6.07, 6.45) is -0.0251. The van der Waals surface area contributed by atoms with E-state index in [0.717, 1.165) is 22.3 Å². The van der Waals surface area contributed by atoms with E-state index >= 15 is 0 Å². The Bertz CT molecular complexity index is 523. The monoisotopic (exact) mass is 230 g/mol. The lowest BCUT2D eigenvalue weighted by atomic mass is 10.2. The van der Waals surface area contributed by atoms with Crippen molar-refractivity contribution in [3.8, 4) is 5.75 Å². The molecular weight excluding hydrogens is 212 g/mol. The highest BCUT2D eigenvalue weighted by Crippen LogP contribution is 2.25. The van der Waals surface area contributed by atoms with Crippen molar-refractivity contribution in [1.29, 1.82) is 0 Å². The van der Waals surface area contributed by atoms with E-state index in [9.17, 15) is 0 Å². The van der Waals surface area contributed by atoms with Crippen LogP contribution in [0.2, 0.25) is 0 Å². The molecule has 0 radical (unpaired) electrons. The molecule has 3 nitrogen and oxygen atoms in total. The molecule has 0 spiro atoms. The maximum atomic E-state index is 5.86. The summed E-state index contributed by atoms with van der Waals surface area (Å²) < 4.78 is 5.86. The number of pyridine rings is 1. The average Bonchev–Trinajstić information content (AvgIpc) is 2.29. The molecular formula is C14H18N2O. The SMILES string of the molecule is Cc1ccc2cccc(OC(C)[C@@H](C)N)c2n1. The summed E-state index contributed by atoms with van der Waals surface area (Å²) in [5.41, 5.74) is 7.70. The number of hydrogen-bond acceptors (Lipinski definition) is 3. The Morgan fingerprint density at radius 2 is 1.94 bits per heavy atom. The van der Waals surface area contributed by atoms with Gasteiger partial charge in [-0.1, -0.05) is 18.2 Å². The normalized spacial score (nSPS) is 14.6. The zero-order valence-electron chi connectivity index (χ0n) is 10.5. The first kappa shape index (κ1) is 11.9. The van der Waals surface area contributed by atoms with Gasteiger partial charge in [0.05, 0.1) is 0 Å². The lowest BCUT2D eigenvalue weighted by Gasteiger charge is -2.18. The van der Waals surface area contributed by atoms with Crippen LogP contribution < -0.4 is 10.5 Å². The molecule has 2 N–H and O–H groups in total. The van der Waals surface area contributed by atoms with Gasteiger partial charge in [0, 0.05) is 17.1 Å². The standard InChI is InChI=1S/C14H18N2O/c1-9-7-8-12-5-4-6-13(14(12)16-9)17-11(3)10(2)15/h4-8,10-11H,15H2,1-3H3/t10-,11?/m1/s1. The second-order valence-corrected chi connectivity index (χ2v) is 4.46. The van der Waals surface area contributed by atoms with Crippen LogP contribution in [0.4, 0.5) is 0 Å². The fourth-order valence-electron chi connectivity index (χ4n) is 1.62. The molecule has 0 aliphatic carbocycles. The number of para-hydroxylation sites is 1. The summed E-state index contributed by atoms with van der Waals surface area (Å²) in [5.74, 6) is 0.802. The topological polar surface area (TPSA) is 48.1 Å². The van der Waals surface area contributed by atoms with E-state index in [1.807, 2.05) is 45.0 Å². The van der Waals surface area contributed by atoms with Crippen molar-refractivity contribution in [2.45, 2.75) is 32.9 Å². The molecule has 0 bridgehead atoms. The first-order chi connectivity index (χ1) is 8.08. The van der Waals surface area contributed by atoms with Gasteiger partial charge in [0.15, 0.2) is 0 Å². The number of aromatic nitrogens is 1. The summed E-state index contributed by atoms with van der Waals surface area (Å²) in [6.45, 7) is 5.89. The number of nitrogens with zero attached hydrogens (tertiary/aromatic N) is 1. The quantitative estimate of drug-likeness (QED) is 0.881. The highest BCUT2D eigenvalue weighted by atomic mass is 16.5. The summed E-state index contributed by atoms with van der Waals surface area (Å²) in [4.78, 5) is 4.52. The fraction of sp³-hybridized carbons (Fsp3) is 0.357. The van der Waals surface area contributed by atoms with Crippen LogP contribution in [-0.2, 0) is 0 Å². The molecule has 17 heavy (non-hydrogen) atoms. The Morgan fingerprint density at radius 1 is 1.18 bits per heavy atom. The van der Waals surface area contributed by atoms with Crippen molar-refractivity contribution in [3.05, 3.63) is 36.0 Å². The molecule has 2 rings (SSSR count). The van der Waals surface area contributed by atoms with Crippen molar-refractivity contribution in [2.75, 3.05) is 0 Å². The van der Waals surface area contributed by atoms with Gasteiger partial charge in [0.1, 0.15) is 17.4 Å². The Kier molecular flexibility index (Phi) is 3.29. The zero-order chi connectivity index (χ0) is 12.4. The predicted molar refractivity (Wildman–Crippen MR) is 70.2 cm³/mol. The van der Waals surface area contributed by atoms with Crippen LogP contribution in [-0.4, -0.2) is 17.1 Å². The lowest BCUT2D eigenvalue weighted by molar-refractivity contribution is 0.199. The summed E-state index contributed by atoms with van der Waals surface area (Å²) in [7, 11) is 0. The minimum Gasteiger partial charge on any atom is -0.487 e. The van der Waals surface area contributed by atoms with Gasteiger partial charge in [-0.2, -0.15) is 0 Å². The maximum Gasteiger partial charge on any atom is 0.146 e. The molecule has 0 aliphatic heterocycles. The van der Waals surface area contributed by atoms with Gasteiger partial charge in [-0.05, 0) is 32.9 Å². The maximum absolute atomic E-state index is 5.86. The number of hydrogen-bond donors (Lipinski definition) is 1. The van der Waals surface area contributed by atoms with Crippen LogP contribution in [0.15, 0.2) is 30.3 Å². The van der Waals surface area contributed by atoms with Crippen LogP contribution >= 0.6 is 0 Å². The number of rotatable bonds is 3. The smallest absolute Gasteiger partial charge is 0.146 e. The first-order valence-electron chi connectivity index (χ1n) is 5.86. The highest BCUT2D eigenvalue weighted by Gasteiger charge is 2.11. The van der Waals surface area contributed by atoms with Gasteiger partial charge in [-0.3, -0.25) is 0 Å². The van der Waals surface area contributed by atoms with Crippen LogP contribution in [0.5, 0.6) is 5.75 Å². The molecule has 0 saturated carbocycles. The summed E-state index contributed by atoms with van der Waals surface area (Å²) in [6, 6.07) is 10.00. The van der Waals surface area contributed by atoms with E-state index in [2.05, 4.69) is 11.1 Å². The summed E-state index contributed by atoms with van der Waals surface area (Å²) >= 11 is 0. The Balaban J connectivity index is 2.43. The molecule has 3 heteroatoms. The number of nitrogens with two attached hydrogens (primary N) is 1. The fourth-order valence-corrected chi connectivity index (χ4v) is 1.62. The number of fused-ring (bicyclic) bond motifs is 1. The van der Waals surface area contributed by atoms with Gasteiger partial charge < -0.3 is 10.5 Å². The van der Waals surface area contributed by atoms with Gasteiger partial charge in [-0.15, -0.1) is 0 Å². The molecule has 1 aromatic carbocycles. The van der Waals surface area contributed by atoms with Crippen LogP contribution in [0.1, 0.15) is 19.5 Å². The second kappa shape index (κ2) is 4.72. The first-order valence-corrected chi connectivity index (χ1v) is 5.86. The third kappa shape index (κ3) is 2.56. The van der Waals surface area contributed by atoms with Crippen molar-refractivity contribution < 1.29 is 4.74 Å². The van der Waals surface area contributed by atoms with Crippen LogP contribution in [0.25, 0.3) is 10.9 Å². The molecule has 0 aliphatic rings. The molecule has 90 valence electrons. The van der Waals surface area contributed by atoms with Crippen molar-refractivity contribution in [3.63, 3.8) is 0 Å².